The Morgan fingerprint density at radius 2 is 2.11 bits per heavy atom. The molecule has 2 aliphatic rings. The molecule has 6 nitrogen and oxygen atoms in total. The van der Waals surface area contributed by atoms with Crippen molar-refractivity contribution < 1.29 is 8.78 Å². The van der Waals surface area contributed by atoms with Crippen molar-refractivity contribution in [2.45, 2.75) is 37.8 Å². The second-order valence-corrected chi connectivity index (χ2v) is 7.67. The summed E-state index contributed by atoms with van der Waals surface area (Å²) in [5.74, 6) is -0.704. The number of aryl methyl sites for hydroxylation is 1. The zero-order valence-electron chi connectivity index (χ0n) is 16.0. The van der Waals surface area contributed by atoms with Gasteiger partial charge >= 0.3 is 0 Å². The molecule has 3 N–H and O–H groups in total. The molecular weight excluding hydrogens is 362 g/mol. The van der Waals surface area contributed by atoms with Gasteiger partial charge in [0, 0.05) is 31.9 Å². The Labute approximate surface area is 163 Å². The van der Waals surface area contributed by atoms with Crippen molar-refractivity contribution in [1.29, 1.82) is 0 Å². The molecule has 4 rings (SSSR count). The Morgan fingerprint density at radius 1 is 1.29 bits per heavy atom. The minimum Gasteiger partial charge on any atom is -0.370 e. The van der Waals surface area contributed by atoms with E-state index < -0.39 is 11.6 Å². The lowest BCUT2D eigenvalue weighted by Crippen LogP contribution is -2.42. The number of nitrogens with one attached hydrogen (secondary N) is 1. The predicted molar refractivity (Wildman–Crippen MR) is 105 cm³/mol. The molecule has 1 saturated carbocycles. The van der Waals surface area contributed by atoms with Gasteiger partial charge in [-0.2, -0.15) is 5.10 Å². The van der Waals surface area contributed by atoms with Crippen molar-refractivity contribution in [3.63, 3.8) is 0 Å². The van der Waals surface area contributed by atoms with E-state index in [1.807, 2.05) is 17.9 Å². The van der Waals surface area contributed by atoms with Crippen molar-refractivity contribution >= 4 is 11.6 Å². The predicted octanol–water partition coefficient (Wildman–Crippen LogP) is 3.04. The van der Waals surface area contributed by atoms with Gasteiger partial charge < -0.3 is 11.1 Å². The van der Waals surface area contributed by atoms with E-state index in [4.69, 9.17) is 5.73 Å². The van der Waals surface area contributed by atoms with Crippen LogP contribution in [0.15, 0.2) is 35.5 Å². The first kappa shape index (κ1) is 18.9. The molecule has 28 heavy (non-hydrogen) atoms. The maximum Gasteiger partial charge on any atom is 0.193 e. The number of halogens is 2. The van der Waals surface area contributed by atoms with Crippen LogP contribution >= 0.6 is 0 Å². The SMILES string of the molecule is Cn1nccc1[C@H]1[C@H](CN=C(N)Nc2cc(F)ccc2F)CCCN1C1CC1. The summed E-state index contributed by atoms with van der Waals surface area (Å²) in [7, 11) is 1.97. The molecule has 0 unspecified atom stereocenters. The molecule has 0 spiro atoms. The first-order valence-electron chi connectivity index (χ1n) is 9.78. The van der Waals surface area contributed by atoms with Crippen LogP contribution in [0.5, 0.6) is 0 Å². The lowest BCUT2D eigenvalue weighted by atomic mass is 9.86. The number of hydrogen-bond donors (Lipinski definition) is 2. The van der Waals surface area contributed by atoms with E-state index in [9.17, 15) is 8.78 Å². The Balaban J connectivity index is 1.50. The number of aliphatic imine (C=N–C) groups is 1. The largest absolute Gasteiger partial charge is 0.370 e. The molecule has 0 bridgehead atoms. The molecule has 1 aromatic heterocycles. The van der Waals surface area contributed by atoms with Crippen LogP contribution < -0.4 is 11.1 Å². The van der Waals surface area contributed by atoms with Crippen molar-refractivity contribution in [2.24, 2.45) is 23.7 Å². The molecule has 2 atom stereocenters. The molecule has 1 aromatic carbocycles. The summed E-state index contributed by atoms with van der Waals surface area (Å²) in [4.78, 5) is 7.04. The van der Waals surface area contributed by atoms with Crippen LogP contribution in [0.2, 0.25) is 0 Å². The first-order valence-corrected chi connectivity index (χ1v) is 9.78. The minimum absolute atomic E-state index is 0.00677. The average molecular weight is 388 g/mol. The van der Waals surface area contributed by atoms with E-state index >= 15 is 0 Å². The minimum atomic E-state index is -0.565. The van der Waals surface area contributed by atoms with Gasteiger partial charge in [-0.25, -0.2) is 8.78 Å². The molecule has 0 amide bonds. The van der Waals surface area contributed by atoms with Crippen molar-refractivity contribution in [1.82, 2.24) is 14.7 Å². The van der Waals surface area contributed by atoms with E-state index in [0.29, 0.717) is 18.5 Å². The Bertz CT molecular complexity index is 860. The number of anilines is 1. The fraction of sp³-hybridized carbons (Fsp3) is 0.500. The number of piperidine rings is 1. The summed E-state index contributed by atoms with van der Waals surface area (Å²) in [6.07, 6.45) is 6.48. The molecule has 8 heteroatoms. The Morgan fingerprint density at radius 3 is 2.82 bits per heavy atom. The van der Waals surface area contributed by atoms with E-state index in [2.05, 4.69) is 26.4 Å². The van der Waals surface area contributed by atoms with Gasteiger partial charge in [0.25, 0.3) is 0 Å². The topological polar surface area (TPSA) is 71.5 Å². The zero-order valence-corrected chi connectivity index (χ0v) is 16.0. The van der Waals surface area contributed by atoms with Crippen LogP contribution in [0.25, 0.3) is 0 Å². The summed E-state index contributed by atoms with van der Waals surface area (Å²) in [5.41, 5.74) is 7.14. The average Bonchev–Trinajstić information content (AvgIpc) is 3.44. The lowest BCUT2D eigenvalue weighted by molar-refractivity contribution is 0.0824. The van der Waals surface area contributed by atoms with Gasteiger partial charge in [0.1, 0.15) is 11.6 Å². The highest BCUT2D eigenvalue weighted by molar-refractivity contribution is 5.92. The van der Waals surface area contributed by atoms with Crippen molar-refractivity contribution in [3.8, 4) is 0 Å². The van der Waals surface area contributed by atoms with Gasteiger partial charge in [0.15, 0.2) is 5.96 Å². The highest BCUT2D eigenvalue weighted by atomic mass is 19.1. The molecule has 2 aromatic rings. The van der Waals surface area contributed by atoms with Crippen LogP contribution in [-0.4, -0.2) is 39.8 Å². The van der Waals surface area contributed by atoms with Crippen LogP contribution in [-0.2, 0) is 7.05 Å². The third kappa shape index (κ3) is 4.01. The summed E-state index contributed by atoms with van der Waals surface area (Å²) < 4.78 is 29.1. The van der Waals surface area contributed by atoms with E-state index in [-0.39, 0.29) is 17.7 Å². The number of rotatable bonds is 5. The molecule has 1 saturated heterocycles. The second kappa shape index (κ2) is 7.87. The number of nitrogens with zero attached hydrogens (tertiary/aromatic N) is 4. The molecule has 1 aliphatic carbocycles. The van der Waals surface area contributed by atoms with Gasteiger partial charge in [0.2, 0.25) is 0 Å². The molecule has 1 aliphatic heterocycles. The van der Waals surface area contributed by atoms with Crippen LogP contribution in [0.1, 0.15) is 37.4 Å². The van der Waals surface area contributed by atoms with Crippen LogP contribution in [0.4, 0.5) is 14.5 Å². The second-order valence-electron chi connectivity index (χ2n) is 7.67. The standard InChI is InChI=1S/C20H26F2N6/c1-27-18(8-9-25-27)19-13(3-2-10-28(19)15-5-6-15)12-24-20(23)26-17-11-14(21)4-7-16(17)22/h4,7-9,11,13,15,19H,2-3,5-6,10,12H2,1H3,(H3,23,24,26)/t13-,19+/m0/s1. The van der Waals surface area contributed by atoms with Gasteiger partial charge in [-0.1, -0.05) is 0 Å². The van der Waals surface area contributed by atoms with E-state index in [1.165, 1.54) is 18.5 Å². The van der Waals surface area contributed by atoms with Crippen molar-refractivity contribution in [2.75, 3.05) is 18.4 Å². The molecule has 150 valence electrons. The molecule has 2 heterocycles. The third-order valence-electron chi connectivity index (χ3n) is 5.66. The van der Waals surface area contributed by atoms with Gasteiger partial charge in [-0.3, -0.25) is 14.6 Å². The Kier molecular flexibility index (Phi) is 5.30. The molecular formula is C20H26F2N6. The first-order chi connectivity index (χ1) is 13.5. The van der Waals surface area contributed by atoms with E-state index in [0.717, 1.165) is 37.6 Å². The fourth-order valence-corrected chi connectivity index (χ4v) is 4.18. The highest BCUT2D eigenvalue weighted by Gasteiger charge is 2.41. The fourth-order valence-electron chi connectivity index (χ4n) is 4.18. The van der Waals surface area contributed by atoms with E-state index in [1.54, 1.807) is 0 Å². The normalized spacial score (nSPS) is 23.8. The number of nitrogens with two attached hydrogens (primary N) is 1. The van der Waals surface area contributed by atoms with Crippen molar-refractivity contribution in [3.05, 3.63) is 47.8 Å². The summed E-state index contributed by atoms with van der Waals surface area (Å²) in [6, 6.07) is 6.18. The smallest absolute Gasteiger partial charge is 0.193 e. The summed E-state index contributed by atoms with van der Waals surface area (Å²) in [6.45, 7) is 1.61. The van der Waals surface area contributed by atoms with Gasteiger partial charge in [-0.05, 0) is 56.3 Å². The third-order valence-corrected chi connectivity index (χ3v) is 5.66. The summed E-state index contributed by atoms with van der Waals surface area (Å²) in [5, 5.41) is 7.03. The number of hydrogen-bond acceptors (Lipinski definition) is 3. The number of guanidine groups is 1. The maximum absolute atomic E-state index is 13.8. The van der Waals surface area contributed by atoms with Crippen LogP contribution in [0.3, 0.4) is 0 Å². The summed E-state index contributed by atoms with van der Waals surface area (Å²) >= 11 is 0. The van der Waals surface area contributed by atoms with Crippen LogP contribution in [0, 0.1) is 17.6 Å². The monoisotopic (exact) mass is 388 g/mol. The maximum atomic E-state index is 13.8. The Hall–Kier alpha value is -2.48. The quantitative estimate of drug-likeness (QED) is 0.610. The highest BCUT2D eigenvalue weighted by Crippen LogP contribution is 2.42. The number of benzene rings is 1. The molecule has 2 fully saturated rings. The number of likely N-dealkylation sites (tertiary alicyclic amines) is 1. The zero-order chi connectivity index (χ0) is 19.7. The van der Waals surface area contributed by atoms with Gasteiger partial charge in [-0.15, -0.1) is 0 Å². The molecule has 0 radical (unpaired) electrons. The lowest BCUT2D eigenvalue weighted by Gasteiger charge is -2.41. The number of aromatic nitrogens is 2. The van der Waals surface area contributed by atoms with Gasteiger partial charge in [0.05, 0.1) is 17.4 Å².